The van der Waals surface area contributed by atoms with E-state index in [1.54, 1.807) is 0 Å². The van der Waals surface area contributed by atoms with Crippen molar-refractivity contribution in [1.82, 2.24) is 0 Å². The molecule has 0 N–H and O–H groups in total. The molecule has 1 rings (SSSR count). The van der Waals surface area contributed by atoms with Gasteiger partial charge in [0.2, 0.25) is 5.54 Å². The van der Waals surface area contributed by atoms with Gasteiger partial charge in [0.05, 0.1) is 0 Å². The summed E-state index contributed by atoms with van der Waals surface area (Å²) in [6.07, 6.45) is 7.42. The first-order valence-electron chi connectivity index (χ1n) is 4.25. The lowest BCUT2D eigenvalue weighted by Gasteiger charge is -2.26. The standard InChI is InChI=1S/C10H15N/c1-9(2)10(11-3)7-5-4-6-8-10/h4-5,9H,6-8H2,1-2H3. The zero-order valence-corrected chi connectivity index (χ0v) is 7.30. The molecule has 0 amide bonds. The van der Waals surface area contributed by atoms with Crippen molar-refractivity contribution < 1.29 is 0 Å². The molecule has 0 spiro atoms. The zero-order valence-electron chi connectivity index (χ0n) is 7.30. The van der Waals surface area contributed by atoms with E-state index in [1.165, 1.54) is 0 Å². The van der Waals surface area contributed by atoms with Crippen molar-refractivity contribution in [3.8, 4) is 0 Å². The van der Waals surface area contributed by atoms with E-state index in [0.717, 1.165) is 19.3 Å². The van der Waals surface area contributed by atoms with Crippen LogP contribution in [0.5, 0.6) is 0 Å². The molecule has 11 heavy (non-hydrogen) atoms. The summed E-state index contributed by atoms with van der Waals surface area (Å²) in [5, 5.41) is 0. The van der Waals surface area contributed by atoms with Crippen molar-refractivity contribution in [3.63, 3.8) is 0 Å². The average Bonchev–Trinajstić information content (AvgIpc) is 2.05. The Kier molecular flexibility index (Phi) is 2.34. The SMILES string of the molecule is [C-]#[N+]C1(C(C)C)CC=CCC1. The van der Waals surface area contributed by atoms with Crippen molar-refractivity contribution in [2.24, 2.45) is 5.92 Å². The van der Waals surface area contributed by atoms with Gasteiger partial charge in [-0.1, -0.05) is 26.0 Å². The van der Waals surface area contributed by atoms with E-state index in [2.05, 4.69) is 30.8 Å². The maximum absolute atomic E-state index is 7.17. The lowest BCUT2D eigenvalue weighted by molar-refractivity contribution is 0.340. The van der Waals surface area contributed by atoms with Crippen molar-refractivity contribution >= 4 is 0 Å². The maximum Gasteiger partial charge on any atom is 0.238 e. The molecule has 0 aromatic carbocycles. The Labute approximate surface area is 68.9 Å². The Morgan fingerprint density at radius 1 is 1.45 bits per heavy atom. The van der Waals surface area contributed by atoms with Crippen LogP contribution in [0.15, 0.2) is 12.2 Å². The predicted octanol–water partition coefficient (Wildman–Crippen LogP) is 3.04. The maximum atomic E-state index is 7.17. The van der Waals surface area contributed by atoms with Crippen LogP contribution in [-0.4, -0.2) is 5.54 Å². The Morgan fingerprint density at radius 2 is 2.18 bits per heavy atom. The third-order valence-electron chi connectivity index (χ3n) is 2.68. The van der Waals surface area contributed by atoms with E-state index in [9.17, 15) is 0 Å². The van der Waals surface area contributed by atoms with Gasteiger partial charge in [0.15, 0.2) is 0 Å². The van der Waals surface area contributed by atoms with Gasteiger partial charge in [0, 0.05) is 18.8 Å². The van der Waals surface area contributed by atoms with E-state index in [0.29, 0.717) is 5.92 Å². The first-order chi connectivity index (χ1) is 5.21. The van der Waals surface area contributed by atoms with E-state index < -0.39 is 0 Å². The fourth-order valence-electron chi connectivity index (χ4n) is 1.60. The van der Waals surface area contributed by atoms with Gasteiger partial charge in [-0.25, -0.2) is 6.57 Å². The Balaban J connectivity index is 2.77. The Morgan fingerprint density at radius 3 is 2.45 bits per heavy atom. The van der Waals surface area contributed by atoms with Crippen LogP contribution in [0.1, 0.15) is 33.1 Å². The summed E-state index contributed by atoms with van der Waals surface area (Å²) in [5.74, 6) is 0.491. The van der Waals surface area contributed by atoms with E-state index in [1.807, 2.05) is 0 Å². The van der Waals surface area contributed by atoms with Crippen LogP contribution in [0.25, 0.3) is 4.85 Å². The quantitative estimate of drug-likeness (QED) is 0.398. The minimum Gasteiger partial charge on any atom is -0.310 e. The lowest BCUT2D eigenvalue weighted by atomic mass is 9.78. The van der Waals surface area contributed by atoms with Crippen molar-refractivity contribution in [2.45, 2.75) is 38.6 Å². The molecule has 1 aliphatic rings. The summed E-state index contributed by atoms with van der Waals surface area (Å²) >= 11 is 0. The summed E-state index contributed by atoms with van der Waals surface area (Å²) in [5.41, 5.74) is -0.0747. The van der Waals surface area contributed by atoms with Gasteiger partial charge in [-0.15, -0.1) is 0 Å². The summed E-state index contributed by atoms with van der Waals surface area (Å²) < 4.78 is 0. The molecule has 1 unspecified atom stereocenters. The molecule has 0 saturated heterocycles. The molecule has 1 aliphatic carbocycles. The summed E-state index contributed by atoms with van der Waals surface area (Å²) in [4.78, 5) is 3.78. The third-order valence-corrected chi connectivity index (χ3v) is 2.68. The van der Waals surface area contributed by atoms with Gasteiger partial charge in [0.25, 0.3) is 0 Å². The second-order valence-electron chi connectivity index (χ2n) is 3.58. The predicted molar refractivity (Wildman–Crippen MR) is 47.2 cm³/mol. The molecule has 0 bridgehead atoms. The van der Waals surface area contributed by atoms with E-state index in [4.69, 9.17) is 6.57 Å². The molecule has 0 aromatic rings. The topological polar surface area (TPSA) is 4.36 Å². The number of hydrogen-bond donors (Lipinski definition) is 0. The van der Waals surface area contributed by atoms with Crippen molar-refractivity contribution in [2.75, 3.05) is 0 Å². The highest BCUT2D eigenvalue weighted by Crippen LogP contribution is 2.34. The van der Waals surface area contributed by atoms with Crippen LogP contribution in [0.2, 0.25) is 0 Å². The van der Waals surface area contributed by atoms with Crippen molar-refractivity contribution in [3.05, 3.63) is 23.6 Å². The Bertz CT molecular complexity index is 197. The molecule has 0 heterocycles. The molecular formula is C10H15N. The van der Waals surface area contributed by atoms with Crippen LogP contribution in [0.3, 0.4) is 0 Å². The fraction of sp³-hybridized carbons (Fsp3) is 0.700. The normalized spacial score (nSPS) is 30.4. The molecule has 0 saturated carbocycles. The molecule has 60 valence electrons. The van der Waals surface area contributed by atoms with Gasteiger partial charge in [0.1, 0.15) is 0 Å². The van der Waals surface area contributed by atoms with Crippen LogP contribution in [0.4, 0.5) is 0 Å². The van der Waals surface area contributed by atoms with Gasteiger partial charge in [-0.05, 0) is 6.42 Å². The second-order valence-corrected chi connectivity index (χ2v) is 3.58. The lowest BCUT2D eigenvalue weighted by Crippen LogP contribution is -2.31. The minimum absolute atomic E-state index is 0.0747. The average molecular weight is 149 g/mol. The van der Waals surface area contributed by atoms with Crippen LogP contribution < -0.4 is 0 Å². The molecule has 1 heteroatoms. The summed E-state index contributed by atoms with van der Waals surface area (Å²) in [6, 6.07) is 0. The smallest absolute Gasteiger partial charge is 0.238 e. The number of allylic oxidation sites excluding steroid dienone is 1. The largest absolute Gasteiger partial charge is 0.310 e. The molecule has 0 radical (unpaired) electrons. The summed E-state index contributed by atoms with van der Waals surface area (Å²) in [7, 11) is 0. The van der Waals surface area contributed by atoms with Gasteiger partial charge >= 0.3 is 0 Å². The van der Waals surface area contributed by atoms with Gasteiger partial charge in [-0.2, -0.15) is 0 Å². The highest BCUT2D eigenvalue weighted by Gasteiger charge is 2.39. The van der Waals surface area contributed by atoms with Gasteiger partial charge in [-0.3, -0.25) is 0 Å². The minimum atomic E-state index is -0.0747. The highest BCUT2D eigenvalue weighted by atomic mass is 14.8. The number of rotatable bonds is 1. The second kappa shape index (κ2) is 3.09. The van der Waals surface area contributed by atoms with Crippen LogP contribution in [0, 0.1) is 12.5 Å². The van der Waals surface area contributed by atoms with Crippen molar-refractivity contribution in [1.29, 1.82) is 0 Å². The molecule has 0 fully saturated rings. The zero-order chi connectivity index (χ0) is 8.32. The number of nitrogens with zero attached hydrogens (tertiary/aromatic N) is 1. The van der Waals surface area contributed by atoms with E-state index in [-0.39, 0.29) is 5.54 Å². The first kappa shape index (κ1) is 8.33. The van der Waals surface area contributed by atoms with Crippen LogP contribution in [-0.2, 0) is 0 Å². The molecule has 1 nitrogen and oxygen atoms in total. The molecule has 1 atom stereocenters. The monoisotopic (exact) mass is 149 g/mol. The first-order valence-corrected chi connectivity index (χ1v) is 4.25. The number of hydrogen-bond acceptors (Lipinski definition) is 0. The summed E-state index contributed by atoms with van der Waals surface area (Å²) in [6.45, 7) is 11.5. The van der Waals surface area contributed by atoms with E-state index >= 15 is 0 Å². The molecule has 0 aromatic heterocycles. The van der Waals surface area contributed by atoms with Crippen LogP contribution >= 0.6 is 0 Å². The molecule has 0 aliphatic heterocycles. The molecular weight excluding hydrogens is 134 g/mol. The van der Waals surface area contributed by atoms with Gasteiger partial charge < -0.3 is 4.85 Å². The Hall–Kier alpha value is -0.770. The third kappa shape index (κ3) is 1.45. The highest BCUT2D eigenvalue weighted by molar-refractivity contribution is 5.10. The fourth-order valence-corrected chi connectivity index (χ4v) is 1.60.